The van der Waals surface area contributed by atoms with Crippen LogP contribution in [-0.4, -0.2) is 11.8 Å². The number of amides is 2. The fourth-order valence-electron chi connectivity index (χ4n) is 2.37. The van der Waals surface area contributed by atoms with E-state index in [1.807, 2.05) is 81.4 Å². The molecule has 0 aliphatic rings. The summed E-state index contributed by atoms with van der Waals surface area (Å²) in [6.07, 6.45) is 0.918. The number of anilines is 1. The van der Waals surface area contributed by atoms with Gasteiger partial charge >= 0.3 is 0 Å². The van der Waals surface area contributed by atoms with Gasteiger partial charge in [-0.05, 0) is 24.1 Å². The van der Waals surface area contributed by atoms with Gasteiger partial charge in [0.25, 0.3) is 0 Å². The van der Waals surface area contributed by atoms with Crippen LogP contribution in [0.4, 0.5) is 5.69 Å². The van der Waals surface area contributed by atoms with Crippen LogP contribution in [-0.2, 0) is 9.59 Å². The number of carbonyl (C=O) groups excluding carboxylic acids is 2. The van der Waals surface area contributed by atoms with E-state index in [0.29, 0.717) is 0 Å². The lowest BCUT2D eigenvalue weighted by Gasteiger charge is -2.26. The van der Waals surface area contributed by atoms with Crippen LogP contribution in [0.2, 0.25) is 0 Å². The summed E-state index contributed by atoms with van der Waals surface area (Å²) >= 11 is 0. The Balaban J connectivity index is 2.12. The number of nitrogens with one attached hydrogen (secondary N) is 2. The predicted molar refractivity (Wildman–Crippen MR) is 101 cm³/mol. The number of para-hydroxylation sites is 1. The van der Waals surface area contributed by atoms with E-state index in [1.54, 1.807) is 0 Å². The Morgan fingerprint density at radius 2 is 1.52 bits per heavy atom. The lowest BCUT2D eigenvalue weighted by atomic mass is 9.88. The SMILES string of the molecule is CCC(C)(C)C(=O)N[C@@H](CC(=O)Nc1ccccc1)c1ccccc1. The molecule has 0 bridgehead atoms. The van der Waals surface area contributed by atoms with Crippen molar-refractivity contribution in [3.05, 3.63) is 66.2 Å². The summed E-state index contributed by atoms with van der Waals surface area (Å²) in [5, 5.41) is 5.92. The molecule has 132 valence electrons. The van der Waals surface area contributed by atoms with E-state index in [-0.39, 0.29) is 24.3 Å². The van der Waals surface area contributed by atoms with Crippen LogP contribution in [0.5, 0.6) is 0 Å². The van der Waals surface area contributed by atoms with Crippen LogP contribution in [0.15, 0.2) is 60.7 Å². The summed E-state index contributed by atoms with van der Waals surface area (Å²) in [7, 11) is 0. The summed E-state index contributed by atoms with van der Waals surface area (Å²) < 4.78 is 0. The van der Waals surface area contributed by atoms with Crippen molar-refractivity contribution in [3.8, 4) is 0 Å². The number of hydrogen-bond donors (Lipinski definition) is 2. The Bertz CT molecular complexity index is 696. The van der Waals surface area contributed by atoms with Crippen LogP contribution < -0.4 is 10.6 Å². The molecule has 0 saturated carbocycles. The van der Waals surface area contributed by atoms with Crippen LogP contribution in [0, 0.1) is 5.41 Å². The number of hydrogen-bond acceptors (Lipinski definition) is 2. The molecule has 0 fully saturated rings. The van der Waals surface area contributed by atoms with Gasteiger partial charge in [-0.15, -0.1) is 0 Å². The summed E-state index contributed by atoms with van der Waals surface area (Å²) in [6, 6.07) is 18.6. The number of benzene rings is 2. The monoisotopic (exact) mass is 338 g/mol. The molecule has 0 aliphatic carbocycles. The van der Waals surface area contributed by atoms with Gasteiger partial charge in [0.1, 0.15) is 0 Å². The Labute approximate surface area is 149 Å². The van der Waals surface area contributed by atoms with Crippen molar-refractivity contribution in [2.24, 2.45) is 5.41 Å². The van der Waals surface area contributed by atoms with Gasteiger partial charge in [-0.1, -0.05) is 69.3 Å². The van der Waals surface area contributed by atoms with Crippen molar-refractivity contribution < 1.29 is 9.59 Å². The zero-order valence-electron chi connectivity index (χ0n) is 15.1. The molecule has 2 aromatic rings. The Hall–Kier alpha value is -2.62. The third-order valence-corrected chi connectivity index (χ3v) is 4.45. The summed E-state index contributed by atoms with van der Waals surface area (Å²) in [6.45, 7) is 5.81. The van der Waals surface area contributed by atoms with Gasteiger partial charge in [0.05, 0.1) is 12.5 Å². The maximum atomic E-state index is 12.6. The van der Waals surface area contributed by atoms with Crippen molar-refractivity contribution in [2.75, 3.05) is 5.32 Å². The van der Waals surface area contributed by atoms with E-state index in [0.717, 1.165) is 17.7 Å². The first kappa shape index (κ1) is 18.7. The molecule has 0 heterocycles. The first-order valence-corrected chi connectivity index (χ1v) is 8.63. The van der Waals surface area contributed by atoms with Gasteiger partial charge in [-0.25, -0.2) is 0 Å². The van der Waals surface area contributed by atoms with Crippen molar-refractivity contribution in [2.45, 2.75) is 39.7 Å². The highest BCUT2D eigenvalue weighted by Gasteiger charge is 2.28. The van der Waals surface area contributed by atoms with Crippen molar-refractivity contribution in [1.29, 1.82) is 0 Å². The largest absolute Gasteiger partial charge is 0.348 e. The number of carbonyl (C=O) groups is 2. The molecule has 4 nitrogen and oxygen atoms in total. The van der Waals surface area contributed by atoms with Gasteiger partial charge in [0.2, 0.25) is 11.8 Å². The molecule has 1 atom stereocenters. The van der Waals surface area contributed by atoms with Gasteiger partial charge < -0.3 is 10.6 Å². The molecule has 4 heteroatoms. The van der Waals surface area contributed by atoms with Crippen molar-refractivity contribution in [3.63, 3.8) is 0 Å². The lowest BCUT2D eigenvalue weighted by molar-refractivity contribution is -0.130. The zero-order chi connectivity index (χ0) is 18.3. The molecule has 0 unspecified atom stereocenters. The summed E-state index contributed by atoms with van der Waals surface area (Å²) in [4.78, 5) is 25.0. The van der Waals surface area contributed by atoms with Gasteiger partial charge in [0.15, 0.2) is 0 Å². The van der Waals surface area contributed by atoms with Crippen LogP contribution in [0.1, 0.15) is 45.2 Å². The highest BCUT2D eigenvalue weighted by atomic mass is 16.2. The van der Waals surface area contributed by atoms with E-state index in [9.17, 15) is 9.59 Å². The first-order valence-electron chi connectivity index (χ1n) is 8.63. The van der Waals surface area contributed by atoms with Gasteiger partial charge in [0, 0.05) is 11.1 Å². The highest BCUT2D eigenvalue weighted by molar-refractivity contribution is 5.91. The normalized spacial score (nSPS) is 12.3. The average Bonchev–Trinajstić information content (AvgIpc) is 2.62. The fraction of sp³-hybridized carbons (Fsp3) is 0.333. The minimum Gasteiger partial charge on any atom is -0.348 e. The van der Waals surface area contributed by atoms with Crippen molar-refractivity contribution in [1.82, 2.24) is 5.32 Å². The van der Waals surface area contributed by atoms with Crippen molar-refractivity contribution >= 4 is 17.5 Å². The predicted octanol–water partition coefficient (Wildman–Crippen LogP) is 4.31. The van der Waals surface area contributed by atoms with E-state index >= 15 is 0 Å². The molecule has 25 heavy (non-hydrogen) atoms. The minimum absolute atomic E-state index is 0.0450. The molecule has 2 aromatic carbocycles. The molecular weight excluding hydrogens is 312 g/mol. The molecular formula is C21H26N2O2. The maximum absolute atomic E-state index is 12.6. The van der Waals surface area contributed by atoms with Crippen LogP contribution in [0.25, 0.3) is 0 Å². The molecule has 2 amide bonds. The van der Waals surface area contributed by atoms with Crippen LogP contribution >= 0.6 is 0 Å². The molecule has 0 saturated heterocycles. The van der Waals surface area contributed by atoms with Gasteiger partial charge in [-0.2, -0.15) is 0 Å². The topological polar surface area (TPSA) is 58.2 Å². The minimum atomic E-state index is -0.469. The molecule has 0 radical (unpaired) electrons. The number of rotatable bonds is 7. The lowest BCUT2D eigenvalue weighted by Crippen LogP contribution is -2.40. The van der Waals surface area contributed by atoms with Gasteiger partial charge in [-0.3, -0.25) is 9.59 Å². The summed E-state index contributed by atoms with van der Waals surface area (Å²) in [5.41, 5.74) is 1.20. The second-order valence-electron chi connectivity index (χ2n) is 6.79. The second kappa shape index (κ2) is 8.47. The standard InChI is InChI=1S/C21H26N2O2/c1-4-21(2,3)20(25)23-18(16-11-7-5-8-12-16)15-19(24)22-17-13-9-6-10-14-17/h5-14,18H,4,15H2,1-3H3,(H,22,24)(H,23,25)/t18-/m0/s1. The molecule has 0 aromatic heterocycles. The molecule has 2 N–H and O–H groups in total. The van der Waals surface area contributed by atoms with E-state index in [2.05, 4.69) is 10.6 Å². The molecule has 2 rings (SSSR count). The Morgan fingerprint density at radius 3 is 2.08 bits per heavy atom. The molecule has 0 aliphatic heterocycles. The quantitative estimate of drug-likeness (QED) is 0.790. The highest BCUT2D eigenvalue weighted by Crippen LogP contribution is 2.24. The maximum Gasteiger partial charge on any atom is 0.226 e. The average molecular weight is 338 g/mol. The zero-order valence-corrected chi connectivity index (χ0v) is 15.1. The van der Waals surface area contributed by atoms with E-state index < -0.39 is 5.41 Å². The third-order valence-electron chi connectivity index (χ3n) is 4.45. The Kier molecular flexibility index (Phi) is 6.34. The Morgan fingerprint density at radius 1 is 0.960 bits per heavy atom. The third kappa shape index (κ3) is 5.45. The molecule has 0 spiro atoms. The van der Waals surface area contributed by atoms with Crippen LogP contribution in [0.3, 0.4) is 0 Å². The second-order valence-corrected chi connectivity index (χ2v) is 6.79. The van der Waals surface area contributed by atoms with E-state index in [4.69, 9.17) is 0 Å². The van der Waals surface area contributed by atoms with E-state index in [1.165, 1.54) is 0 Å². The summed E-state index contributed by atoms with van der Waals surface area (Å²) in [5.74, 6) is -0.175. The fourth-order valence-corrected chi connectivity index (χ4v) is 2.37. The smallest absolute Gasteiger partial charge is 0.226 e. The first-order chi connectivity index (χ1) is 11.9.